The normalized spacial score (nSPS) is 1.75. The molecule has 0 unspecified atom stereocenters. The van der Waals surface area contributed by atoms with Gasteiger partial charge < -0.3 is 5.48 Å². The van der Waals surface area contributed by atoms with E-state index >= 15 is 0 Å². The molecule has 0 aromatic carbocycles. The molecular weight excluding hydrogens is 144 g/mol. The Kier molecular flexibility index (Phi) is 117. The van der Waals surface area contributed by atoms with Crippen LogP contribution in [0.5, 0.6) is 0 Å². The van der Waals surface area contributed by atoms with Crippen LogP contribution in [0.3, 0.4) is 0 Å². The summed E-state index contributed by atoms with van der Waals surface area (Å²) in [5.74, 6) is 0. The maximum atomic E-state index is 4.76. The minimum absolute atomic E-state index is 0. The molecular formula is H5AlClOZn. The zero-order valence-corrected chi connectivity index (χ0v) is 5.31. The summed E-state index contributed by atoms with van der Waals surface area (Å²) in [6.07, 6.45) is 0. The van der Waals surface area contributed by atoms with Gasteiger partial charge in [0.2, 0.25) is 0 Å². The zero-order valence-electron chi connectivity index (χ0n) is 1.59. The van der Waals surface area contributed by atoms with Gasteiger partial charge in [-0.05, 0) is 0 Å². The minimum atomic E-state index is 0. The number of rotatable bonds is 0. The van der Waals surface area contributed by atoms with Crippen molar-refractivity contribution in [3.63, 3.8) is 0 Å². The van der Waals surface area contributed by atoms with Crippen LogP contribution >= 0.6 is 9.69 Å². The van der Waals surface area contributed by atoms with Crippen LogP contribution in [-0.2, 0) is 17.3 Å². The average Bonchev–Trinajstić information content (AvgIpc) is 1.00. The Balaban J connectivity index is -0.00000000500. The quantitative estimate of drug-likeness (QED) is 0.382. The van der Waals surface area contributed by atoms with Crippen molar-refractivity contribution in [2.75, 3.05) is 0 Å². The topological polar surface area (TPSA) is 31.5 Å². The molecule has 0 aliphatic rings. The van der Waals surface area contributed by atoms with Gasteiger partial charge in [0.05, 0.1) is 0 Å². The summed E-state index contributed by atoms with van der Waals surface area (Å²) in [6, 6.07) is 0. The van der Waals surface area contributed by atoms with Crippen LogP contribution in [0.15, 0.2) is 0 Å². The van der Waals surface area contributed by atoms with E-state index in [0.29, 0.717) is 0 Å². The second-order valence-corrected chi connectivity index (χ2v) is 0. The molecule has 0 amide bonds. The first-order chi connectivity index (χ1) is 1.00. The van der Waals surface area contributed by atoms with E-state index < -0.39 is 0 Å². The van der Waals surface area contributed by atoms with E-state index in [-0.39, 0.29) is 22.8 Å². The van der Waals surface area contributed by atoms with Gasteiger partial charge in [-0.3, -0.25) is 0 Å². The van der Waals surface area contributed by atoms with Gasteiger partial charge in [-0.25, -0.2) is 0 Å². The fraction of sp³-hybridized carbons (Fsp3) is 0. The van der Waals surface area contributed by atoms with Crippen LogP contribution in [0.4, 0.5) is 0 Å². The SMILES string of the molecule is O.[AlH3].[Cl][Zn]. The van der Waals surface area contributed by atoms with Crippen molar-refractivity contribution in [3.05, 3.63) is 0 Å². The van der Waals surface area contributed by atoms with Crippen molar-refractivity contribution in [2.45, 2.75) is 0 Å². The number of hydrogen-bond acceptors (Lipinski definition) is 0. The van der Waals surface area contributed by atoms with E-state index in [1.54, 1.807) is 0 Å². The summed E-state index contributed by atoms with van der Waals surface area (Å²) >= 11 is 0.847. The molecule has 0 saturated heterocycles. The Labute approximate surface area is 49.9 Å². The first-order valence-corrected chi connectivity index (χ1v) is 4.17. The third-order valence-electron chi connectivity index (χ3n) is 0. The first-order valence-electron chi connectivity index (χ1n) is 0.267. The van der Waals surface area contributed by atoms with E-state index in [0.717, 1.165) is 17.3 Å². The van der Waals surface area contributed by atoms with E-state index in [2.05, 4.69) is 0 Å². The molecule has 0 aromatic heterocycles. The fourth-order valence-electron chi connectivity index (χ4n) is 0. The van der Waals surface area contributed by atoms with Gasteiger partial charge >= 0.3 is 27.0 Å². The second kappa shape index (κ2) is 25.9. The molecule has 1 nitrogen and oxygen atoms in total. The molecule has 0 atom stereocenters. The van der Waals surface area contributed by atoms with Crippen molar-refractivity contribution < 1.29 is 22.8 Å². The van der Waals surface area contributed by atoms with E-state index in [1.165, 1.54) is 0 Å². The van der Waals surface area contributed by atoms with Gasteiger partial charge in [0.25, 0.3) is 0 Å². The van der Waals surface area contributed by atoms with E-state index in [9.17, 15) is 0 Å². The number of hydrogen-bond donors (Lipinski definition) is 0. The molecule has 0 rings (SSSR count). The van der Waals surface area contributed by atoms with Crippen molar-refractivity contribution in [1.29, 1.82) is 0 Å². The molecule has 0 aromatic rings. The molecule has 2 N–H and O–H groups in total. The fourth-order valence-corrected chi connectivity index (χ4v) is 0. The van der Waals surface area contributed by atoms with Crippen LogP contribution < -0.4 is 0 Å². The molecule has 0 aliphatic carbocycles. The summed E-state index contributed by atoms with van der Waals surface area (Å²) in [5, 5.41) is 0. The Bertz CT molecular complexity index is 8.00. The van der Waals surface area contributed by atoms with Crippen LogP contribution in [-0.4, -0.2) is 22.8 Å². The molecule has 0 bridgehead atoms. The summed E-state index contributed by atoms with van der Waals surface area (Å²) < 4.78 is 0. The van der Waals surface area contributed by atoms with Crippen molar-refractivity contribution in [1.82, 2.24) is 0 Å². The Morgan fingerprint density at radius 1 is 1.25 bits per heavy atom. The molecule has 0 fully saturated rings. The third-order valence-corrected chi connectivity index (χ3v) is 0. The van der Waals surface area contributed by atoms with Crippen molar-refractivity contribution in [3.8, 4) is 0 Å². The Morgan fingerprint density at radius 2 is 1.25 bits per heavy atom. The van der Waals surface area contributed by atoms with Crippen LogP contribution in [0, 0.1) is 0 Å². The molecule has 4 heteroatoms. The first kappa shape index (κ1) is 18.1. The molecule has 4 heavy (non-hydrogen) atoms. The van der Waals surface area contributed by atoms with Gasteiger partial charge in [-0.2, -0.15) is 0 Å². The predicted octanol–water partition coefficient (Wildman–Crippen LogP) is -1.32. The van der Waals surface area contributed by atoms with Crippen molar-refractivity contribution in [2.24, 2.45) is 0 Å². The van der Waals surface area contributed by atoms with Gasteiger partial charge in [0, 0.05) is 0 Å². The summed E-state index contributed by atoms with van der Waals surface area (Å²) in [6.45, 7) is 0. The molecule has 0 saturated carbocycles. The summed E-state index contributed by atoms with van der Waals surface area (Å²) in [5.41, 5.74) is 0. The van der Waals surface area contributed by atoms with Crippen LogP contribution in [0.1, 0.15) is 0 Å². The summed E-state index contributed by atoms with van der Waals surface area (Å²) in [7, 11) is 4.76. The standard InChI is InChI=1S/Al.ClH.H2O.Zn.3H/h;1H;1H2;;;;/q;;;+1;;;/p-1. The van der Waals surface area contributed by atoms with Gasteiger partial charge in [-0.15, -0.1) is 0 Å². The van der Waals surface area contributed by atoms with E-state index in [1.807, 2.05) is 0 Å². The van der Waals surface area contributed by atoms with Gasteiger partial charge in [0.1, 0.15) is 0 Å². The van der Waals surface area contributed by atoms with Crippen LogP contribution in [0.2, 0.25) is 0 Å². The zero-order chi connectivity index (χ0) is 2.00. The Morgan fingerprint density at radius 3 is 1.25 bits per heavy atom. The van der Waals surface area contributed by atoms with E-state index in [4.69, 9.17) is 9.69 Å². The van der Waals surface area contributed by atoms with Crippen molar-refractivity contribution >= 4 is 27.1 Å². The molecule has 0 aliphatic heterocycles. The average molecular weight is 149 g/mol. The molecule has 0 spiro atoms. The maximum absolute atomic E-state index is 4.76. The molecule has 23 valence electrons. The molecule has 0 radical (unpaired) electrons. The third kappa shape index (κ3) is 9.97. The van der Waals surface area contributed by atoms with Gasteiger partial charge in [-0.1, -0.05) is 0 Å². The van der Waals surface area contributed by atoms with Crippen LogP contribution in [0.25, 0.3) is 0 Å². The molecule has 0 heterocycles. The monoisotopic (exact) mass is 147 g/mol. The Hall–Kier alpha value is 1.41. The second-order valence-electron chi connectivity index (χ2n) is 0. The summed E-state index contributed by atoms with van der Waals surface area (Å²) in [4.78, 5) is 0. The predicted molar refractivity (Wildman–Crippen MR) is 19.4 cm³/mol. The van der Waals surface area contributed by atoms with Gasteiger partial charge in [0.15, 0.2) is 17.4 Å². The number of halogens is 1.